The molecule has 5 heteroatoms. The van der Waals surface area contributed by atoms with Gasteiger partial charge in [-0.1, -0.05) is 31.4 Å². The van der Waals surface area contributed by atoms with Crippen molar-refractivity contribution in [2.75, 3.05) is 5.73 Å². The van der Waals surface area contributed by atoms with Crippen molar-refractivity contribution in [2.45, 2.75) is 13.5 Å². The number of hydrogen-bond acceptors (Lipinski definition) is 4. The maximum Gasteiger partial charge on any atom is 0.255 e. The van der Waals surface area contributed by atoms with Gasteiger partial charge in [0.25, 0.3) is 5.91 Å². The molecule has 0 radical (unpaired) electrons. The normalized spacial score (nSPS) is 10.8. The molecule has 25 heavy (non-hydrogen) atoms. The van der Waals surface area contributed by atoms with E-state index in [1.165, 1.54) is 0 Å². The van der Waals surface area contributed by atoms with Crippen LogP contribution >= 0.6 is 0 Å². The lowest BCUT2D eigenvalue weighted by molar-refractivity contribution is 0.0951. The average molecular weight is 335 g/mol. The van der Waals surface area contributed by atoms with Crippen LogP contribution < -0.4 is 15.8 Å². The van der Waals surface area contributed by atoms with Crippen LogP contribution in [0.4, 0.5) is 5.82 Å². The summed E-state index contributed by atoms with van der Waals surface area (Å²) in [6.45, 7) is 9.50. The number of anilines is 1. The number of rotatable bonds is 7. The van der Waals surface area contributed by atoms with Crippen LogP contribution in [0.3, 0.4) is 0 Å². The molecule has 2 rings (SSSR count). The first-order chi connectivity index (χ1) is 12.0. The topological polar surface area (TPSA) is 77.2 Å². The summed E-state index contributed by atoms with van der Waals surface area (Å²) in [7, 11) is 0. The van der Waals surface area contributed by atoms with Crippen molar-refractivity contribution in [3.05, 3.63) is 90.4 Å². The summed E-state index contributed by atoms with van der Waals surface area (Å²) < 4.78 is 5.64. The number of nitrogens with one attached hydrogen (secondary N) is 1. The van der Waals surface area contributed by atoms with E-state index in [2.05, 4.69) is 23.5 Å². The lowest BCUT2D eigenvalue weighted by atomic mass is 10.2. The Balaban J connectivity index is 1.97. The minimum atomic E-state index is -0.256. The molecule has 1 aromatic carbocycles. The van der Waals surface area contributed by atoms with Crippen LogP contribution in [0.5, 0.6) is 5.75 Å². The molecule has 0 spiro atoms. The smallest absolute Gasteiger partial charge is 0.255 e. The molecule has 0 bridgehead atoms. The van der Waals surface area contributed by atoms with Gasteiger partial charge >= 0.3 is 0 Å². The first-order valence-corrected chi connectivity index (χ1v) is 7.76. The maximum atomic E-state index is 12.2. The quantitative estimate of drug-likeness (QED) is 0.599. The van der Waals surface area contributed by atoms with Crippen LogP contribution in [-0.2, 0) is 6.54 Å². The summed E-state index contributed by atoms with van der Waals surface area (Å²) in [5, 5.41) is 2.83. The Morgan fingerprint density at radius 3 is 2.56 bits per heavy atom. The highest BCUT2D eigenvalue weighted by molar-refractivity contribution is 5.98. The fourth-order valence-electron chi connectivity index (χ4n) is 2.12. The van der Waals surface area contributed by atoms with Gasteiger partial charge in [0.05, 0.1) is 5.56 Å². The van der Waals surface area contributed by atoms with E-state index in [1.807, 2.05) is 31.2 Å². The average Bonchev–Trinajstić information content (AvgIpc) is 2.60. The van der Waals surface area contributed by atoms with Gasteiger partial charge in [-0.15, -0.1) is 0 Å². The highest BCUT2D eigenvalue weighted by Crippen LogP contribution is 2.16. The zero-order valence-corrected chi connectivity index (χ0v) is 14.2. The summed E-state index contributed by atoms with van der Waals surface area (Å²) in [6, 6.07) is 10.8. The third-order valence-corrected chi connectivity index (χ3v) is 3.40. The molecule has 0 saturated heterocycles. The third kappa shape index (κ3) is 5.07. The van der Waals surface area contributed by atoms with Crippen molar-refractivity contribution < 1.29 is 9.53 Å². The monoisotopic (exact) mass is 335 g/mol. The molecule has 0 aliphatic carbocycles. The number of nitrogens with zero attached hydrogens (tertiary/aromatic N) is 1. The van der Waals surface area contributed by atoms with Gasteiger partial charge in [0.1, 0.15) is 17.3 Å². The molecule has 1 heterocycles. The van der Waals surface area contributed by atoms with Gasteiger partial charge in [0.2, 0.25) is 0 Å². The lowest BCUT2D eigenvalue weighted by Crippen LogP contribution is -2.24. The molecular formula is C20H21N3O2. The molecule has 5 nitrogen and oxygen atoms in total. The van der Waals surface area contributed by atoms with Gasteiger partial charge in [-0.25, -0.2) is 4.98 Å². The second-order valence-corrected chi connectivity index (χ2v) is 5.32. The zero-order valence-electron chi connectivity index (χ0n) is 14.2. The Labute approximate surface area is 147 Å². The molecule has 0 aliphatic heterocycles. The summed E-state index contributed by atoms with van der Waals surface area (Å²) >= 11 is 0. The summed E-state index contributed by atoms with van der Waals surface area (Å²) in [4.78, 5) is 16.3. The molecule has 1 aromatic heterocycles. The highest BCUT2D eigenvalue weighted by atomic mass is 16.5. The Kier molecular flexibility index (Phi) is 6.12. The maximum absolute atomic E-state index is 12.2. The van der Waals surface area contributed by atoms with E-state index in [1.54, 1.807) is 30.4 Å². The van der Waals surface area contributed by atoms with E-state index in [0.717, 1.165) is 11.3 Å². The van der Waals surface area contributed by atoms with Crippen LogP contribution in [-0.4, -0.2) is 10.9 Å². The van der Waals surface area contributed by atoms with Crippen LogP contribution in [0.15, 0.2) is 73.5 Å². The SMILES string of the molecule is C=C/C=C(\C=C)Oc1ccc(CNC(=O)c2ccc(C)nc2N)cc1. The number of carbonyl (C=O) groups excluding carboxylic acids is 1. The zero-order chi connectivity index (χ0) is 18.2. The van der Waals surface area contributed by atoms with Crippen LogP contribution in [0.1, 0.15) is 21.6 Å². The van der Waals surface area contributed by atoms with Crippen LogP contribution in [0.25, 0.3) is 0 Å². The number of ether oxygens (including phenoxy) is 1. The first kappa shape index (κ1) is 18.0. The second kappa shape index (κ2) is 8.49. The number of amides is 1. The van der Waals surface area contributed by atoms with Crippen molar-refractivity contribution in [1.82, 2.24) is 10.3 Å². The third-order valence-electron chi connectivity index (χ3n) is 3.40. The van der Waals surface area contributed by atoms with Crippen molar-refractivity contribution in [1.29, 1.82) is 0 Å². The van der Waals surface area contributed by atoms with Gasteiger partial charge < -0.3 is 15.8 Å². The Morgan fingerprint density at radius 1 is 1.24 bits per heavy atom. The van der Waals surface area contributed by atoms with E-state index in [9.17, 15) is 4.79 Å². The fraction of sp³-hybridized carbons (Fsp3) is 0.100. The van der Waals surface area contributed by atoms with Gasteiger partial charge in [-0.2, -0.15) is 0 Å². The Hall–Kier alpha value is -3.34. The fourth-order valence-corrected chi connectivity index (χ4v) is 2.12. The standard InChI is InChI=1S/C20H21N3O2/c1-4-6-16(5-2)25-17-10-8-15(9-11-17)13-22-20(24)18-12-7-14(3)23-19(18)21/h4-12H,1-2,13H2,3H3,(H2,21,23)(H,22,24)/b16-6+. The molecule has 2 aromatic rings. The van der Waals surface area contributed by atoms with Crippen LogP contribution in [0, 0.1) is 6.92 Å². The number of pyridine rings is 1. The lowest BCUT2D eigenvalue weighted by Gasteiger charge is -2.09. The molecule has 0 fully saturated rings. The predicted molar refractivity (Wildman–Crippen MR) is 100 cm³/mol. The van der Waals surface area contributed by atoms with E-state index < -0.39 is 0 Å². The summed E-state index contributed by atoms with van der Waals surface area (Å²) in [5.74, 6) is 1.26. The number of allylic oxidation sites excluding steroid dienone is 3. The van der Waals surface area contributed by atoms with Gasteiger partial charge in [-0.05, 0) is 48.9 Å². The van der Waals surface area contributed by atoms with E-state index in [-0.39, 0.29) is 11.7 Å². The van der Waals surface area contributed by atoms with Gasteiger partial charge in [0, 0.05) is 12.2 Å². The number of hydrogen-bond donors (Lipinski definition) is 2. The minimum Gasteiger partial charge on any atom is -0.457 e. The van der Waals surface area contributed by atoms with Crippen molar-refractivity contribution in [3.8, 4) is 5.75 Å². The predicted octanol–water partition coefficient (Wildman–Crippen LogP) is 3.54. The number of aromatic nitrogens is 1. The second-order valence-electron chi connectivity index (χ2n) is 5.32. The Morgan fingerprint density at radius 2 is 1.96 bits per heavy atom. The van der Waals surface area contributed by atoms with Gasteiger partial charge in [0.15, 0.2) is 0 Å². The van der Waals surface area contributed by atoms with Crippen molar-refractivity contribution >= 4 is 11.7 Å². The van der Waals surface area contributed by atoms with E-state index >= 15 is 0 Å². The molecule has 0 unspecified atom stereocenters. The van der Waals surface area contributed by atoms with Crippen LogP contribution in [0.2, 0.25) is 0 Å². The number of nitrogens with two attached hydrogens (primary N) is 1. The number of benzene rings is 1. The van der Waals surface area contributed by atoms with Gasteiger partial charge in [-0.3, -0.25) is 4.79 Å². The molecule has 128 valence electrons. The van der Waals surface area contributed by atoms with E-state index in [0.29, 0.717) is 23.6 Å². The molecular weight excluding hydrogens is 314 g/mol. The van der Waals surface area contributed by atoms with Crippen molar-refractivity contribution in [3.63, 3.8) is 0 Å². The molecule has 0 atom stereocenters. The minimum absolute atomic E-state index is 0.229. The number of carbonyl (C=O) groups is 1. The first-order valence-electron chi connectivity index (χ1n) is 7.76. The molecule has 0 saturated carbocycles. The summed E-state index contributed by atoms with van der Waals surface area (Å²) in [5.41, 5.74) is 7.87. The molecule has 3 N–H and O–H groups in total. The number of aryl methyl sites for hydroxylation is 1. The van der Waals surface area contributed by atoms with Crippen molar-refractivity contribution in [2.24, 2.45) is 0 Å². The molecule has 0 aliphatic rings. The van der Waals surface area contributed by atoms with E-state index in [4.69, 9.17) is 10.5 Å². The summed E-state index contributed by atoms with van der Waals surface area (Å²) in [6.07, 6.45) is 4.96. The molecule has 1 amide bonds. The largest absolute Gasteiger partial charge is 0.457 e. The highest BCUT2D eigenvalue weighted by Gasteiger charge is 2.10. The number of nitrogen functional groups attached to an aromatic ring is 1. The Bertz CT molecular complexity index is 808.